The molecular weight excluding hydrogens is 1240 g/mol. The number of methoxy groups -OCH3 is 4. The fourth-order valence-electron chi connectivity index (χ4n) is 14.0. The summed E-state index contributed by atoms with van der Waals surface area (Å²) in [7, 11) is 6.06. The van der Waals surface area contributed by atoms with Crippen molar-refractivity contribution in [3.63, 3.8) is 0 Å². The van der Waals surface area contributed by atoms with E-state index in [9.17, 15) is 54.0 Å². The lowest BCUT2D eigenvalue weighted by Crippen LogP contribution is -2.61. The third-order valence-corrected chi connectivity index (χ3v) is 20.3. The van der Waals surface area contributed by atoms with Gasteiger partial charge in [-0.1, -0.05) is 82.7 Å². The average molecular weight is 1350 g/mol. The minimum absolute atomic E-state index is 0.0193. The second-order valence-electron chi connectivity index (χ2n) is 27.4. The van der Waals surface area contributed by atoms with Crippen LogP contribution in [-0.4, -0.2) is 200 Å². The Morgan fingerprint density at radius 1 is 0.844 bits per heavy atom. The SMILES string of the molecule is CO[C@H]1C[C@@H]2CC[C@@H](C)[C@@](O)(O2)C(=O)C(=O)N2CCCC[C@H]2C(=O)O[C@H]([C@H](C)C[C@@H]2CC[C@@H](O)[C@H](OC)C2)CC(=O)[C@H](C)/C=C(\C)[C@@H](O)[C@@H](OC)C(=O)[C@H](C)C[C@H](C)/C=C/C=C/C=C/1C.COc1c(C)c2c(c(O)c1C/C=C(\C)CCC(=O)OCCN1CCOCC1)C(=O)OC2. The highest BCUT2D eigenvalue weighted by atomic mass is 16.6. The summed E-state index contributed by atoms with van der Waals surface area (Å²) in [5, 5.41) is 44.5. The number of piperidine rings is 1. The molecule has 0 spiro atoms. The summed E-state index contributed by atoms with van der Waals surface area (Å²) in [6.07, 6.45) is 14.4. The Bertz CT molecular complexity index is 2980. The van der Waals surface area contributed by atoms with Crippen molar-refractivity contribution < 1.29 is 96.6 Å². The van der Waals surface area contributed by atoms with Crippen molar-refractivity contribution >= 4 is 41.2 Å². The van der Waals surface area contributed by atoms with Gasteiger partial charge < -0.3 is 68.0 Å². The summed E-state index contributed by atoms with van der Waals surface area (Å²) in [5.74, 6) is -8.23. The quantitative estimate of drug-likeness (QED) is 0.0552. The number of carbonyl (C=O) groups excluding carboxylic acids is 7. The molecule has 4 N–H and O–H groups in total. The van der Waals surface area contributed by atoms with Crippen molar-refractivity contribution in [1.29, 1.82) is 0 Å². The lowest BCUT2D eigenvalue weighted by molar-refractivity contribution is -0.265. The van der Waals surface area contributed by atoms with Crippen LogP contribution in [0.3, 0.4) is 0 Å². The van der Waals surface area contributed by atoms with Crippen LogP contribution in [0.25, 0.3) is 0 Å². The van der Waals surface area contributed by atoms with Crippen LogP contribution in [0.15, 0.2) is 59.3 Å². The molecule has 1 aliphatic carbocycles. The summed E-state index contributed by atoms with van der Waals surface area (Å²) >= 11 is 0. The van der Waals surface area contributed by atoms with Crippen LogP contribution in [0.5, 0.6) is 11.5 Å². The smallest absolute Gasteiger partial charge is 0.342 e. The fraction of sp³-hybridized carbons (Fsp3) is 0.689. The number of esters is 3. The number of aromatic hydroxyl groups is 1. The Kier molecular flexibility index (Phi) is 31.2. The molecule has 1 saturated carbocycles. The number of carbonyl (C=O) groups is 7. The van der Waals surface area contributed by atoms with Crippen LogP contribution in [0.4, 0.5) is 0 Å². The molecule has 3 saturated heterocycles. The molecule has 22 nitrogen and oxygen atoms in total. The fourth-order valence-corrected chi connectivity index (χ4v) is 14.0. The van der Waals surface area contributed by atoms with Crippen molar-refractivity contribution in [2.24, 2.45) is 35.5 Å². The molecule has 7 rings (SSSR count). The summed E-state index contributed by atoms with van der Waals surface area (Å²) < 4.78 is 50.6. The molecule has 2 bridgehead atoms. The van der Waals surface area contributed by atoms with Gasteiger partial charge in [-0.15, -0.1) is 0 Å². The van der Waals surface area contributed by atoms with E-state index in [2.05, 4.69) is 4.90 Å². The molecule has 4 fully saturated rings. The second-order valence-corrected chi connectivity index (χ2v) is 27.4. The van der Waals surface area contributed by atoms with Crippen molar-refractivity contribution in [3.8, 4) is 11.5 Å². The van der Waals surface area contributed by atoms with E-state index < -0.39 is 89.8 Å². The van der Waals surface area contributed by atoms with Gasteiger partial charge >= 0.3 is 17.9 Å². The molecule has 0 unspecified atom stereocenters. The standard InChI is InChI=1S/C51H79NO13.C23H31NO7/c1-30-16-12-11-13-17-31(2)42(61-8)28-38-21-19-36(7)51(60,65-38)48(57)49(58)52-23-15-14-18-39(52)50(59)64-43(33(4)26-37-20-22-40(53)44(27-37)62-9)29-41(54)32(3)25-35(6)46(56)47(63-10)45(55)34(5)24-30;1-15(5-7-19(25)30-13-10-24-8-11-29-12-9-24)4-6-17-21(26)20-18(14-31-23(20)27)16(2)22(17)28-3/h11-13,16-17,25,30,32-34,36-40,42-44,46-47,53,56,60H,14-15,18-24,26-29H2,1-10H3;4,26H,5-14H2,1-3H3/b13-11+,16-12+,31-17+,35-25+;15-4+/t30-,32-,33-,34-,36-,37+,38+,39+,40-,42+,43+,44-,46-,47+,51-;/m1./s1. The molecule has 5 heterocycles. The monoisotopic (exact) mass is 1350 g/mol. The van der Waals surface area contributed by atoms with Crippen LogP contribution in [-0.2, 0) is 79.7 Å². The number of aliphatic hydroxyl groups is 3. The number of ether oxygens (including phenoxy) is 9. The first-order chi connectivity index (χ1) is 45.7. The van der Waals surface area contributed by atoms with E-state index in [1.54, 1.807) is 48.2 Å². The van der Waals surface area contributed by atoms with Crippen molar-refractivity contribution in [1.82, 2.24) is 9.80 Å². The summed E-state index contributed by atoms with van der Waals surface area (Å²) in [4.78, 5) is 98.0. The Labute approximate surface area is 568 Å². The molecule has 536 valence electrons. The number of rotatable bonds is 15. The highest BCUT2D eigenvalue weighted by molar-refractivity contribution is 6.39. The van der Waals surface area contributed by atoms with E-state index in [-0.39, 0.29) is 78.7 Å². The van der Waals surface area contributed by atoms with Gasteiger partial charge in [-0.3, -0.25) is 28.9 Å². The van der Waals surface area contributed by atoms with Crippen LogP contribution in [0.2, 0.25) is 0 Å². The largest absolute Gasteiger partial charge is 0.507 e. The number of benzene rings is 1. The number of nitrogens with zero attached hydrogens (tertiary/aromatic N) is 2. The number of fused-ring (bicyclic) bond motifs is 4. The number of amides is 1. The Morgan fingerprint density at radius 3 is 2.26 bits per heavy atom. The zero-order valence-corrected chi connectivity index (χ0v) is 59.1. The molecule has 15 atom stereocenters. The number of hydrogen-bond acceptors (Lipinski definition) is 21. The van der Waals surface area contributed by atoms with E-state index in [0.717, 1.165) is 56.0 Å². The predicted molar refractivity (Wildman–Crippen MR) is 359 cm³/mol. The zero-order valence-electron chi connectivity index (χ0n) is 59.1. The van der Waals surface area contributed by atoms with Crippen molar-refractivity contribution in [2.75, 3.05) is 74.4 Å². The maximum Gasteiger partial charge on any atom is 0.342 e. The lowest BCUT2D eigenvalue weighted by Gasteiger charge is -2.42. The van der Waals surface area contributed by atoms with Crippen molar-refractivity contribution in [3.05, 3.63) is 81.5 Å². The number of morpholine rings is 1. The highest BCUT2D eigenvalue weighted by Crippen LogP contribution is 2.43. The number of aliphatic hydroxyl groups excluding tert-OH is 2. The molecule has 1 aromatic rings. The van der Waals surface area contributed by atoms with Crippen LogP contribution >= 0.6 is 0 Å². The van der Waals surface area contributed by atoms with E-state index >= 15 is 0 Å². The van der Waals surface area contributed by atoms with Gasteiger partial charge in [0.1, 0.15) is 60.4 Å². The molecule has 22 heteroatoms. The number of ketones is 3. The third-order valence-electron chi connectivity index (χ3n) is 20.3. The van der Waals surface area contributed by atoms with Crippen molar-refractivity contribution in [2.45, 2.75) is 220 Å². The van der Waals surface area contributed by atoms with E-state index in [1.807, 2.05) is 78.0 Å². The summed E-state index contributed by atoms with van der Waals surface area (Å²) in [5.41, 5.74) is 4.50. The Hall–Kier alpha value is -5.95. The normalized spacial score (nSPS) is 32.8. The van der Waals surface area contributed by atoms with Gasteiger partial charge in [0.15, 0.2) is 5.78 Å². The van der Waals surface area contributed by atoms with Gasteiger partial charge in [0.2, 0.25) is 5.79 Å². The number of allylic oxidation sites excluding steroid dienone is 8. The first kappa shape index (κ1) is 79.0. The van der Waals surface area contributed by atoms with Crippen LogP contribution in [0, 0.1) is 42.4 Å². The number of Topliss-reactive ketones (excluding diaryl/α,β-unsaturated/α-hetero) is 3. The first-order valence-corrected chi connectivity index (χ1v) is 34.5. The average Bonchev–Trinajstić information content (AvgIpc) is 1.43. The number of cyclic esters (lactones) is 2. The van der Waals surface area contributed by atoms with Gasteiger partial charge in [0.05, 0.1) is 44.7 Å². The van der Waals surface area contributed by atoms with Gasteiger partial charge in [0, 0.05) is 95.7 Å². The Balaban J connectivity index is 0.000000390. The number of hydrogen-bond donors (Lipinski definition) is 4. The maximum absolute atomic E-state index is 14.4. The zero-order chi connectivity index (χ0) is 70.6. The molecule has 0 aromatic heterocycles. The van der Waals surface area contributed by atoms with E-state index in [0.29, 0.717) is 106 Å². The topological polar surface area (TPSA) is 290 Å². The number of phenolic OH excluding ortho intramolecular Hbond substituents is 1. The molecule has 0 radical (unpaired) electrons. The van der Waals surface area contributed by atoms with E-state index in [4.69, 9.17) is 42.6 Å². The number of phenols is 1. The lowest BCUT2D eigenvalue weighted by atomic mass is 9.78. The summed E-state index contributed by atoms with van der Waals surface area (Å²) in [6.45, 7) is 21.0. The molecule has 1 aromatic carbocycles. The molecule has 5 aliphatic heterocycles. The highest BCUT2D eigenvalue weighted by Gasteiger charge is 2.53. The second kappa shape index (κ2) is 37.9. The predicted octanol–water partition coefficient (Wildman–Crippen LogP) is 8.70. The first-order valence-electron chi connectivity index (χ1n) is 34.5. The minimum atomic E-state index is -2.43. The van der Waals surface area contributed by atoms with Gasteiger partial charge in [0.25, 0.3) is 11.7 Å². The molecular formula is C74H110N2O20. The Morgan fingerprint density at radius 2 is 1.57 bits per heavy atom. The third kappa shape index (κ3) is 21.3. The van der Waals surface area contributed by atoms with Gasteiger partial charge in [-0.05, 0) is 139 Å². The van der Waals surface area contributed by atoms with Gasteiger partial charge in [-0.25, -0.2) is 9.59 Å². The maximum atomic E-state index is 14.4. The van der Waals surface area contributed by atoms with Crippen LogP contribution in [0.1, 0.15) is 172 Å². The van der Waals surface area contributed by atoms with Crippen LogP contribution < -0.4 is 4.74 Å². The van der Waals surface area contributed by atoms with Gasteiger partial charge in [-0.2, -0.15) is 0 Å². The van der Waals surface area contributed by atoms with E-state index in [1.165, 1.54) is 12.0 Å². The molecule has 6 aliphatic rings. The summed E-state index contributed by atoms with van der Waals surface area (Å²) in [6, 6.07) is -1.14. The molecule has 96 heavy (non-hydrogen) atoms. The molecule has 1 amide bonds. The minimum Gasteiger partial charge on any atom is -0.507 e.